The van der Waals surface area contributed by atoms with Gasteiger partial charge >= 0.3 is 0 Å². The molecule has 0 bridgehead atoms. The first-order chi connectivity index (χ1) is 9.16. The zero-order chi connectivity index (χ0) is 13.7. The lowest BCUT2D eigenvalue weighted by Crippen LogP contribution is -2.37. The molecule has 1 aromatic rings. The van der Waals surface area contributed by atoms with Crippen molar-refractivity contribution < 1.29 is 14.2 Å². The van der Waals surface area contributed by atoms with Crippen molar-refractivity contribution in [2.45, 2.75) is 31.4 Å². The minimum atomic E-state index is -0.636. The van der Waals surface area contributed by atoms with Crippen molar-refractivity contribution in [3.63, 3.8) is 0 Å². The Morgan fingerprint density at radius 1 is 1.47 bits per heavy atom. The summed E-state index contributed by atoms with van der Waals surface area (Å²) in [5.41, 5.74) is 0.529. The van der Waals surface area contributed by atoms with E-state index in [0.717, 1.165) is 38.8 Å². The Bertz CT molecular complexity index is 380. The Morgan fingerprint density at radius 3 is 2.84 bits per heavy atom. The number of pyridine rings is 1. The zero-order valence-corrected chi connectivity index (χ0v) is 11.3. The highest BCUT2D eigenvalue weighted by molar-refractivity contribution is 5.07. The summed E-state index contributed by atoms with van der Waals surface area (Å²) >= 11 is 0. The maximum Gasteiger partial charge on any atom is 0.141 e. The van der Waals surface area contributed by atoms with Gasteiger partial charge in [-0.1, -0.05) is 0 Å². The molecule has 1 unspecified atom stereocenters. The predicted octanol–water partition coefficient (Wildman–Crippen LogP) is 1.75. The molecule has 0 radical (unpaired) electrons. The van der Waals surface area contributed by atoms with Gasteiger partial charge in [0.2, 0.25) is 0 Å². The van der Waals surface area contributed by atoms with Gasteiger partial charge in [-0.15, -0.1) is 0 Å². The van der Waals surface area contributed by atoms with E-state index < -0.39 is 6.10 Å². The molecule has 1 aliphatic heterocycles. The maximum atomic E-state index is 12.7. The summed E-state index contributed by atoms with van der Waals surface area (Å²) in [5, 5.41) is 10.0. The maximum absolute atomic E-state index is 12.7. The molecule has 4 nitrogen and oxygen atoms in total. The number of hydrogen-bond donors (Lipinski definition) is 1. The Hall–Kier alpha value is -1.04. The van der Waals surface area contributed by atoms with Gasteiger partial charge in [0.05, 0.1) is 18.0 Å². The van der Waals surface area contributed by atoms with Gasteiger partial charge in [-0.3, -0.25) is 4.98 Å². The summed E-state index contributed by atoms with van der Waals surface area (Å²) in [4.78, 5) is 6.16. The van der Waals surface area contributed by atoms with Gasteiger partial charge in [-0.2, -0.15) is 0 Å². The number of aliphatic hydroxyl groups excluding tert-OH is 1. The molecule has 1 saturated heterocycles. The fourth-order valence-corrected chi connectivity index (χ4v) is 2.37. The Balaban J connectivity index is 1.79. The van der Waals surface area contributed by atoms with Crippen LogP contribution in [0.5, 0.6) is 0 Å². The number of nitrogens with zero attached hydrogens (tertiary/aromatic N) is 2. The van der Waals surface area contributed by atoms with Crippen LogP contribution in [0.25, 0.3) is 0 Å². The third-order valence-corrected chi connectivity index (χ3v) is 3.66. The average Bonchev–Trinajstić information content (AvgIpc) is 2.46. The quantitative estimate of drug-likeness (QED) is 0.884. The predicted molar refractivity (Wildman–Crippen MR) is 70.2 cm³/mol. The van der Waals surface area contributed by atoms with Gasteiger partial charge < -0.3 is 14.7 Å². The number of aliphatic hydroxyl groups is 1. The van der Waals surface area contributed by atoms with Crippen LogP contribution in [0.3, 0.4) is 0 Å². The van der Waals surface area contributed by atoms with E-state index in [1.165, 1.54) is 12.1 Å². The fraction of sp³-hybridized carbons (Fsp3) is 0.643. The van der Waals surface area contributed by atoms with Gasteiger partial charge in [-0.05, 0) is 38.4 Å². The van der Waals surface area contributed by atoms with Crippen molar-refractivity contribution in [2.24, 2.45) is 0 Å². The smallest absolute Gasteiger partial charge is 0.141 e. The summed E-state index contributed by atoms with van der Waals surface area (Å²) in [6.45, 7) is 2.43. The first-order valence-corrected chi connectivity index (χ1v) is 6.74. The van der Waals surface area contributed by atoms with Crippen LogP contribution in [0.1, 0.15) is 31.1 Å². The van der Waals surface area contributed by atoms with Crippen LogP contribution in [-0.2, 0) is 4.74 Å². The van der Waals surface area contributed by atoms with E-state index in [1.807, 2.05) is 0 Å². The molecule has 2 rings (SSSR count). The van der Waals surface area contributed by atoms with Crippen LogP contribution >= 0.6 is 0 Å². The molecular formula is C14H21FN2O2. The Labute approximate surface area is 113 Å². The summed E-state index contributed by atoms with van der Waals surface area (Å²) in [6, 6.07) is 3.39. The molecule has 0 aliphatic carbocycles. The molecule has 0 spiro atoms. The van der Waals surface area contributed by atoms with Crippen LogP contribution in [0.2, 0.25) is 0 Å². The molecular weight excluding hydrogens is 247 g/mol. The van der Waals surface area contributed by atoms with Crippen LogP contribution < -0.4 is 0 Å². The van der Waals surface area contributed by atoms with Crippen LogP contribution in [-0.4, -0.2) is 47.8 Å². The molecule has 1 N–H and O–H groups in total. The number of ether oxygens (including phenoxy) is 1. The summed E-state index contributed by atoms with van der Waals surface area (Å²) in [5.74, 6) is -0.379. The zero-order valence-electron chi connectivity index (χ0n) is 11.3. The molecule has 0 amide bonds. The second-order valence-corrected chi connectivity index (χ2v) is 5.03. The summed E-state index contributed by atoms with van der Waals surface area (Å²) in [6.07, 6.45) is 3.19. The highest BCUT2D eigenvalue weighted by Crippen LogP contribution is 2.18. The summed E-state index contributed by atoms with van der Waals surface area (Å²) < 4.78 is 18.1. The van der Waals surface area contributed by atoms with Gasteiger partial charge in [0.15, 0.2) is 0 Å². The first kappa shape index (κ1) is 14.4. The molecule has 19 heavy (non-hydrogen) atoms. The molecule has 1 aliphatic rings. The lowest BCUT2D eigenvalue weighted by atomic mass is 10.1. The van der Waals surface area contributed by atoms with E-state index in [-0.39, 0.29) is 5.82 Å². The molecule has 1 atom stereocenters. The Morgan fingerprint density at radius 2 is 2.21 bits per heavy atom. The van der Waals surface area contributed by atoms with Crippen molar-refractivity contribution in [3.8, 4) is 0 Å². The molecule has 2 heterocycles. The van der Waals surface area contributed by atoms with Crippen molar-refractivity contribution in [1.29, 1.82) is 0 Å². The molecule has 5 heteroatoms. The molecule has 1 aromatic heterocycles. The third kappa shape index (κ3) is 4.23. The summed E-state index contributed by atoms with van der Waals surface area (Å²) in [7, 11) is 2.07. The highest BCUT2D eigenvalue weighted by Gasteiger charge is 2.19. The van der Waals surface area contributed by atoms with Gasteiger partial charge in [0.1, 0.15) is 5.82 Å². The molecule has 1 fully saturated rings. The monoisotopic (exact) mass is 268 g/mol. The van der Waals surface area contributed by atoms with Crippen LogP contribution in [0, 0.1) is 5.82 Å². The molecule has 0 saturated carbocycles. The van der Waals surface area contributed by atoms with Crippen molar-refractivity contribution >= 4 is 0 Å². The SMILES string of the molecule is CN(CCC(O)c1ccc(F)cn1)C1CCOCC1. The molecule has 106 valence electrons. The fourth-order valence-electron chi connectivity index (χ4n) is 2.37. The van der Waals surface area contributed by atoms with Gasteiger partial charge in [0, 0.05) is 25.8 Å². The van der Waals surface area contributed by atoms with E-state index >= 15 is 0 Å². The van der Waals surface area contributed by atoms with E-state index in [1.54, 1.807) is 0 Å². The molecule has 0 aromatic carbocycles. The van der Waals surface area contributed by atoms with Crippen molar-refractivity contribution in [1.82, 2.24) is 9.88 Å². The lowest BCUT2D eigenvalue weighted by Gasteiger charge is -2.31. The van der Waals surface area contributed by atoms with E-state index in [0.29, 0.717) is 18.2 Å². The van der Waals surface area contributed by atoms with Crippen LogP contribution in [0.15, 0.2) is 18.3 Å². The standard InChI is InChI=1S/C14H21FN2O2/c1-17(12-5-8-19-9-6-12)7-4-14(18)13-3-2-11(15)10-16-13/h2-3,10,12,14,18H,4-9H2,1H3. The minimum absolute atomic E-state index is 0.379. The Kier molecular flexibility index (Phi) is 5.24. The van der Waals surface area contributed by atoms with Crippen molar-refractivity contribution in [3.05, 3.63) is 29.8 Å². The van der Waals surface area contributed by atoms with Gasteiger partial charge in [0.25, 0.3) is 0 Å². The van der Waals surface area contributed by atoms with E-state index in [2.05, 4.69) is 16.9 Å². The van der Waals surface area contributed by atoms with Crippen LogP contribution in [0.4, 0.5) is 4.39 Å². The van der Waals surface area contributed by atoms with Crippen molar-refractivity contribution in [2.75, 3.05) is 26.8 Å². The number of hydrogen-bond acceptors (Lipinski definition) is 4. The normalized spacial score (nSPS) is 18.7. The van der Waals surface area contributed by atoms with E-state index in [9.17, 15) is 9.50 Å². The topological polar surface area (TPSA) is 45.6 Å². The van der Waals surface area contributed by atoms with Gasteiger partial charge in [-0.25, -0.2) is 4.39 Å². The number of aromatic nitrogens is 1. The van der Waals surface area contributed by atoms with E-state index in [4.69, 9.17) is 4.74 Å². The minimum Gasteiger partial charge on any atom is -0.387 e. The first-order valence-electron chi connectivity index (χ1n) is 6.74. The second kappa shape index (κ2) is 6.93. The lowest BCUT2D eigenvalue weighted by molar-refractivity contribution is 0.0374. The number of halogens is 1. The number of rotatable bonds is 5. The largest absolute Gasteiger partial charge is 0.387 e. The average molecular weight is 268 g/mol. The second-order valence-electron chi connectivity index (χ2n) is 5.03. The highest BCUT2D eigenvalue weighted by atomic mass is 19.1. The third-order valence-electron chi connectivity index (χ3n) is 3.66.